The van der Waals surface area contributed by atoms with E-state index in [0.717, 1.165) is 5.56 Å². The van der Waals surface area contributed by atoms with Gasteiger partial charge in [0.1, 0.15) is 6.04 Å². The Labute approximate surface area is 70.0 Å². The quantitative estimate of drug-likeness (QED) is 0.669. The van der Waals surface area contributed by atoms with Gasteiger partial charge in [-0.15, -0.1) is 0 Å². The minimum Gasteiger partial charge on any atom is -0.480 e. The van der Waals surface area contributed by atoms with Crippen molar-refractivity contribution in [1.29, 1.82) is 0 Å². The monoisotopic (exact) mass is 166 g/mol. The molecule has 1 heterocycles. The van der Waals surface area contributed by atoms with Crippen molar-refractivity contribution in [2.24, 2.45) is 5.73 Å². The number of aromatic nitrogens is 1. The minimum atomic E-state index is -1.06. The first kappa shape index (κ1) is 8.67. The van der Waals surface area contributed by atoms with E-state index >= 15 is 0 Å². The molecule has 1 aromatic rings. The van der Waals surface area contributed by atoms with Crippen LogP contribution >= 0.6 is 0 Å². The summed E-state index contributed by atoms with van der Waals surface area (Å²) >= 11 is 0. The summed E-state index contributed by atoms with van der Waals surface area (Å²) in [6, 6.07) is 2.38. The van der Waals surface area contributed by atoms with Crippen molar-refractivity contribution in [1.82, 2.24) is 4.98 Å². The van der Waals surface area contributed by atoms with E-state index in [4.69, 9.17) is 10.8 Å². The van der Waals surface area contributed by atoms with E-state index in [0.29, 0.717) is 5.69 Å². The molecule has 1 aromatic heterocycles. The van der Waals surface area contributed by atoms with Gasteiger partial charge in [0.05, 0.1) is 5.69 Å². The molecule has 1 rings (SSSR count). The number of hydrogen-bond acceptors (Lipinski definition) is 3. The minimum absolute atomic E-state index is 0.383. The summed E-state index contributed by atoms with van der Waals surface area (Å²) in [5.74, 6) is -1.06. The van der Waals surface area contributed by atoms with Crippen LogP contribution in [0, 0.1) is 6.92 Å². The summed E-state index contributed by atoms with van der Waals surface area (Å²) in [6.45, 7) is 1.88. The Bertz CT molecular complexity index is 282. The number of carboxylic acids is 1. The van der Waals surface area contributed by atoms with E-state index in [1.165, 1.54) is 0 Å². The van der Waals surface area contributed by atoms with Crippen LogP contribution in [0.15, 0.2) is 18.3 Å². The normalized spacial score (nSPS) is 12.5. The molecule has 0 aliphatic rings. The standard InChI is InChI=1S/C8H10N2O2/c1-5-2-3-6(10-4-5)7(9)8(11)12/h2-4,7H,9H2,1H3,(H,11,12)/t7-/m1/s1. The molecule has 0 saturated heterocycles. The highest BCUT2D eigenvalue weighted by molar-refractivity contribution is 5.74. The van der Waals surface area contributed by atoms with Gasteiger partial charge in [0, 0.05) is 6.20 Å². The molecule has 0 fully saturated rings. The average molecular weight is 166 g/mol. The van der Waals surface area contributed by atoms with E-state index < -0.39 is 12.0 Å². The van der Waals surface area contributed by atoms with Crippen LogP contribution in [-0.4, -0.2) is 16.1 Å². The molecule has 12 heavy (non-hydrogen) atoms. The Morgan fingerprint density at radius 3 is 2.75 bits per heavy atom. The lowest BCUT2D eigenvalue weighted by Gasteiger charge is -2.04. The number of hydrogen-bond donors (Lipinski definition) is 2. The highest BCUT2D eigenvalue weighted by Crippen LogP contribution is 2.07. The Morgan fingerprint density at radius 1 is 1.67 bits per heavy atom. The van der Waals surface area contributed by atoms with Gasteiger partial charge in [-0.2, -0.15) is 0 Å². The molecular formula is C8H10N2O2. The molecule has 4 nitrogen and oxygen atoms in total. The van der Waals surface area contributed by atoms with Crippen molar-refractivity contribution < 1.29 is 9.90 Å². The van der Waals surface area contributed by atoms with Crippen LogP contribution in [0.25, 0.3) is 0 Å². The highest BCUT2D eigenvalue weighted by atomic mass is 16.4. The van der Waals surface area contributed by atoms with Crippen molar-refractivity contribution >= 4 is 5.97 Å². The zero-order chi connectivity index (χ0) is 9.14. The van der Waals surface area contributed by atoms with E-state index in [1.807, 2.05) is 6.92 Å². The summed E-state index contributed by atoms with van der Waals surface area (Å²) in [4.78, 5) is 14.3. The van der Waals surface area contributed by atoms with Crippen molar-refractivity contribution in [2.45, 2.75) is 13.0 Å². The molecule has 0 aromatic carbocycles. The molecule has 1 atom stereocenters. The van der Waals surface area contributed by atoms with Crippen LogP contribution in [0.1, 0.15) is 17.3 Å². The van der Waals surface area contributed by atoms with Crippen molar-refractivity contribution in [3.8, 4) is 0 Å². The van der Waals surface area contributed by atoms with Crippen LogP contribution < -0.4 is 5.73 Å². The third-order valence-corrected chi connectivity index (χ3v) is 1.52. The Balaban J connectivity index is 2.89. The first-order valence-corrected chi connectivity index (χ1v) is 3.52. The van der Waals surface area contributed by atoms with Crippen LogP contribution in [0.3, 0.4) is 0 Å². The van der Waals surface area contributed by atoms with Crippen LogP contribution in [-0.2, 0) is 4.79 Å². The van der Waals surface area contributed by atoms with Crippen molar-refractivity contribution in [2.75, 3.05) is 0 Å². The second-order valence-electron chi connectivity index (χ2n) is 2.58. The van der Waals surface area contributed by atoms with E-state index in [9.17, 15) is 4.79 Å². The first-order chi connectivity index (χ1) is 5.61. The number of pyridine rings is 1. The Hall–Kier alpha value is -1.42. The molecule has 64 valence electrons. The predicted octanol–water partition coefficient (Wildman–Crippen LogP) is 0.474. The van der Waals surface area contributed by atoms with Crippen LogP contribution in [0.2, 0.25) is 0 Å². The van der Waals surface area contributed by atoms with Gasteiger partial charge < -0.3 is 10.8 Å². The van der Waals surface area contributed by atoms with Gasteiger partial charge in [-0.3, -0.25) is 9.78 Å². The number of aryl methyl sites for hydroxylation is 1. The molecule has 4 heteroatoms. The number of carboxylic acid groups (broad SMARTS) is 1. The zero-order valence-electron chi connectivity index (χ0n) is 6.69. The molecule has 0 amide bonds. The molecule has 0 aliphatic heterocycles. The fourth-order valence-corrected chi connectivity index (χ4v) is 0.790. The fraction of sp³-hybridized carbons (Fsp3) is 0.250. The maximum absolute atomic E-state index is 10.4. The van der Waals surface area contributed by atoms with Crippen molar-refractivity contribution in [3.05, 3.63) is 29.6 Å². The predicted molar refractivity (Wildman–Crippen MR) is 43.5 cm³/mol. The number of rotatable bonds is 2. The van der Waals surface area contributed by atoms with Gasteiger partial charge in [0.15, 0.2) is 0 Å². The van der Waals surface area contributed by atoms with Gasteiger partial charge in [-0.1, -0.05) is 6.07 Å². The molecule has 0 radical (unpaired) electrons. The third kappa shape index (κ3) is 1.79. The second kappa shape index (κ2) is 3.32. The van der Waals surface area contributed by atoms with E-state index in [1.54, 1.807) is 18.3 Å². The van der Waals surface area contributed by atoms with Gasteiger partial charge >= 0.3 is 5.97 Å². The van der Waals surface area contributed by atoms with Gasteiger partial charge in [0.25, 0.3) is 0 Å². The average Bonchev–Trinajstić information content (AvgIpc) is 2.04. The lowest BCUT2D eigenvalue weighted by Crippen LogP contribution is -2.21. The van der Waals surface area contributed by atoms with E-state index in [-0.39, 0.29) is 0 Å². The topological polar surface area (TPSA) is 76.2 Å². The van der Waals surface area contributed by atoms with Gasteiger partial charge in [-0.05, 0) is 18.6 Å². The van der Waals surface area contributed by atoms with Crippen LogP contribution in [0.5, 0.6) is 0 Å². The van der Waals surface area contributed by atoms with Crippen molar-refractivity contribution in [3.63, 3.8) is 0 Å². The largest absolute Gasteiger partial charge is 0.480 e. The maximum atomic E-state index is 10.4. The summed E-state index contributed by atoms with van der Waals surface area (Å²) < 4.78 is 0. The first-order valence-electron chi connectivity index (χ1n) is 3.52. The zero-order valence-corrected chi connectivity index (χ0v) is 6.69. The molecule has 0 spiro atoms. The second-order valence-corrected chi connectivity index (χ2v) is 2.58. The maximum Gasteiger partial charge on any atom is 0.326 e. The van der Waals surface area contributed by atoms with E-state index in [2.05, 4.69) is 4.98 Å². The van der Waals surface area contributed by atoms with Gasteiger partial charge in [-0.25, -0.2) is 0 Å². The number of nitrogens with two attached hydrogens (primary N) is 1. The smallest absolute Gasteiger partial charge is 0.326 e. The summed E-state index contributed by atoms with van der Waals surface area (Å²) in [5, 5.41) is 8.54. The third-order valence-electron chi connectivity index (χ3n) is 1.52. The van der Waals surface area contributed by atoms with Gasteiger partial charge in [0.2, 0.25) is 0 Å². The molecular weight excluding hydrogens is 156 g/mol. The lowest BCUT2D eigenvalue weighted by molar-refractivity contribution is -0.138. The summed E-state index contributed by atoms with van der Waals surface area (Å²) in [5.41, 5.74) is 6.69. The van der Waals surface area contributed by atoms with Crippen LogP contribution in [0.4, 0.5) is 0 Å². The molecule has 0 unspecified atom stereocenters. The SMILES string of the molecule is Cc1ccc([C@@H](N)C(=O)O)nc1. The number of carbonyl (C=O) groups is 1. The Morgan fingerprint density at radius 2 is 2.33 bits per heavy atom. The number of aliphatic carboxylic acids is 1. The lowest BCUT2D eigenvalue weighted by atomic mass is 10.2. The molecule has 0 aliphatic carbocycles. The Kier molecular flexibility index (Phi) is 2.40. The highest BCUT2D eigenvalue weighted by Gasteiger charge is 2.14. The fourth-order valence-electron chi connectivity index (χ4n) is 0.790. The summed E-state index contributed by atoms with van der Waals surface area (Å²) in [6.07, 6.45) is 1.60. The molecule has 0 saturated carbocycles. The summed E-state index contributed by atoms with van der Waals surface area (Å²) in [7, 11) is 0. The number of nitrogens with zero attached hydrogens (tertiary/aromatic N) is 1. The molecule has 3 N–H and O–H groups in total. The molecule has 0 bridgehead atoms.